The van der Waals surface area contributed by atoms with Crippen LogP contribution in [-0.4, -0.2) is 44.2 Å². The Morgan fingerprint density at radius 2 is 1.93 bits per heavy atom. The molecule has 5 rings (SSSR count). The number of sulfonamides is 1. The quantitative estimate of drug-likeness (QED) is 0.754. The summed E-state index contributed by atoms with van der Waals surface area (Å²) in [5.74, 6) is -0.171. The van der Waals surface area contributed by atoms with Crippen LogP contribution in [0.15, 0.2) is 35.2 Å². The number of rotatable bonds is 3. The fourth-order valence-corrected chi connectivity index (χ4v) is 6.27. The van der Waals surface area contributed by atoms with E-state index >= 15 is 0 Å². The number of aryl methyl sites for hydroxylation is 1. The van der Waals surface area contributed by atoms with Gasteiger partial charge in [-0.1, -0.05) is 6.07 Å². The molecule has 0 atom stereocenters. The first kappa shape index (κ1) is 19.1. The van der Waals surface area contributed by atoms with Gasteiger partial charge in [0.2, 0.25) is 0 Å². The number of carbonyl (C=O) groups is 2. The normalized spacial score (nSPS) is 19.5. The molecule has 2 aromatic carbocycles. The molecule has 0 N–H and O–H groups in total. The van der Waals surface area contributed by atoms with E-state index in [2.05, 4.69) is 0 Å². The standard InChI is InChI=1S/C22H22N2O5S/c1-13-5-10-18(29-2)20-16(13)4-3-11-23(20)21(25)14-6-9-17-19(12-14)30(27,28)24(22(17)26)15-7-8-15/h5-6,9-10,12,15H,3-4,7-8,11H2,1-2H3. The zero-order valence-electron chi connectivity index (χ0n) is 16.8. The van der Waals surface area contributed by atoms with Gasteiger partial charge < -0.3 is 9.64 Å². The summed E-state index contributed by atoms with van der Waals surface area (Å²) < 4.78 is 32.4. The van der Waals surface area contributed by atoms with Gasteiger partial charge in [0.05, 0.1) is 18.4 Å². The molecule has 0 aromatic heterocycles. The van der Waals surface area contributed by atoms with Crippen molar-refractivity contribution in [2.24, 2.45) is 0 Å². The molecule has 3 aliphatic rings. The predicted molar refractivity (Wildman–Crippen MR) is 111 cm³/mol. The van der Waals surface area contributed by atoms with E-state index in [0.717, 1.165) is 34.0 Å². The largest absolute Gasteiger partial charge is 0.495 e. The van der Waals surface area contributed by atoms with Gasteiger partial charge in [0.15, 0.2) is 0 Å². The van der Waals surface area contributed by atoms with Crippen LogP contribution in [0.1, 0.15) is 51.1 Å². The number of nitrogens with zero attached hydrogens (tertiary/aromatic N) is 2. The Balaban J connectivity index is 1.57. The number of ether oxygens (including phenoxy) is 1. The van der Waals surface area contributed by atoms with Gasteiger partial charge in [0.25, 0.3) is 21.8 Å². The molecule has 2 aromatic rings. The summed E-state index contributed by atoms with van der Waals surface area (Å²) in [5, 5.41) is 0. The second-order valence-electron chi connectivity index (χ2n) is 8.02. The number of hydrogen-bond acceptors (Lipinski definition) is 5. The summed E-state index contributed by atoms with van der Waals surface area (Å²) in [7, 11) is -2.34. The average Bonchev–Trinajstić information content (AvgIpc) is 3.54. The van der Waals surface area contributed by atoms with Crippen molar-refractivity contribution in [1.82, 2.24) is 4.31 Å². The lowest BCUT2D eigenvalue weighted by molar-refractivity contribution is 0.0864. The van der Waals surface area contributed by atoms with Crippen molar-refractivity contribution in [2.45, 2.75) is 43.5 Å². The molecule has 0 radical (unpaired) electrons. The smallest absolute Gasteiger partial charge is 0.269 e. The fourth-order valence-electron chi connectivity index (χ4n) is 4.43. The van der Waals surface area contributed by atoms with E-state index in [4.69, 9.17) is 4.74 Å². The molecule has 2 aliphatic heterocycles. The van der Waals surface area contributed by atoms with Gasteiger partial charge in [-0.05, 0) is 68.0 Å². The summed E-state index contributed by atoms with van der Waals surface area (Å²) in [5.41, 5.74) is 3.29. The Hall–Kier alpha value is -2.87. The van der Waals surface area contributed by atoms with E-state index < -0.39 is 15.9 Å². The van der Waals surface area contributed by atoms with Gasteiger partial charge in [0.1, 0.15) is 10.6 Å². The third-order valence-corrected chi connectivity index (χ3v) is 7.97. The van der Waals surface area contributed by atoms with E-state index in [1.807, 2.05) is 19.1 Å². The maximum Gasteiger partial charge on any atom is 0.269 e. The number of hydrogen-bond donors (Lipinski definition) is 0. The fraction of sp³-hybridized carbons (Fsp3) is 0.364. The van der Waals surface area contributed by atoms with Gasteiger partial charge >= 0.3 is 0 Å². The first-order valence-electron chi connectivity index (χ1n) is 10.1. The monoisotopic (exact) mass is 426 g/mol. The molecular weight excluding hydrogens is 404 g/mol. The SMILES string of the molecule is COc1ccc(C)c2c1N(C(=O)c1ccc3c(c1)S(=O)(=O)N(C1CC1)C3=O)CCC2. The zero-order valence-corrected chi connectivity index (χ0v) is 17.7. The molecule has 2 amide bonds. The Kier molecular flexibility index (Phi) is 4.18. The lowest BCUT2D eigenvalue weighted by Crippen LogP contribution is -2.36. The number of amides is 2. The summed E-state index contributed by atoms with van der Waals surface area (Å²) >= 11 is 0. The molecule has 156 valence electrons. The van der Waals surface area contributed by atoms with Crippen LogP contribution < -0.4 is 9.64 Å². The van der Waals surface area contributed by atoms with Crippen LogP contribution in [-0.2, 0) is 16.4 Å². The number of benzene rings is 2. The molecule has 0 bridgehead atoms. The van der Waals surface area contributed by atoms with Crippen molar-refractivity contribution in [3.05, 3.63) is 52.6 Å². The van der Waals surface area contributed by atoms with Crippen LogP contribution in [0.2, 0.25) is 0 Å². The van der Waals surface area contributed by atoms with E-state index in [1.165, 1.54) is 12.1 Å². The van der Waals surface area contributed by atoms with Gasteiger partial charge in [-0.3, -0.25) is 9.59 Å². The molecular formula is C22H22N2O5S. The maximum atomic E-state index is 13.4. The summed E-state index contributed by atoms with van der Waals surface area (Å²) in [6.45, 7) is 2.52. The lowest BCUT2D eigenvalue weighted by Gasteiger charge is -2.32. The van der Waals surface area contributed by atoms with Crippen molar-refractivity contribution >= 4 is 27.5 Å². The summed E-state index contributed by atoms with van der Waals surface area (Å²) in [6.07, 6.45) is 3.04. The Bertz CT molecular complexity index is 1200. The number of carbonyl (C=O) groups excluding carboxylic acids is 2. The van der Waals surface area contributed by atoms with Crippen LogP contribution in [0.4, 0.5) is 5.69 Å². The molecule has 0 unspecified atom stereocenters. The molecule has 2 heterocycles. The van der Waals surface area contributed by atoms with Crippen LogP contribution >= 0.6 is 0 Å². The van der Waals surface area contributed by atoms with Crippen LogP contribution in [0.5, 0.6) is 5.75 Å². The maximum absolute atomic E-state index is 13.4. The summed E-state index contributed by atoms with van der Waals surface area (Å²) in [6, 6.07) is 7.93. The van der Waals surface area contributed by atoms with Crippen molar-refractivity contribution in [2.75, 3.05) is 18.6 Å². The van der Waals surface area contributed by atoms with Crippen molar-refractivity contribution in [3.63, 3.8) is 0 Å². The van der Waals surface area contributed by atoms with Gasteiger partial charge in [-0.15, -0.1) is 0 Å². The van der Waals surface area contributed by atoms with Gasteiger partial charge in [-0.25, -0.2) is 12.7 Å². The molecule has 1 saturated carbocycles. The average molecular weight is 426 g/mol. The van der Waals surface area contributed by atoms with Gasteiger partial charge in [0, 0.05) is 18.2 Å². The highest BCUT2D eigenvalue weighted by Gasteiger charge is 2.49. The first-order valence-corrected chi connectivity index (χ1v) is 11.5. The van der Waals surface area contributed by atoms with Crippen LogP contribution in [0, 0.1) is 6.92 Å². The molecule has 1 fully saturated rings. The molecule has 0 spiro atoms. The highest BCUT2D eigenvalue weighted by Crippen LogP contribution is 2.41. The molecule has 0 saturated heterocycles. The van der Waals surface area contributed by atoms with Crippen LogP contribution in [0.25, 0.3) is 0 Å². The van der Waals surface area contributed by atoms with Crippen molar-refractivity contribution < 1.29 is 22.7 Å². The Morgan fingerprint density at radius 1 is 1.17 bits per heavy atom. The van der Waals surface area contributed by atoms with Crippen molar-refractivity contribution in [3.8, 4) is 5.75 Å². The van der Waals surface area contributed by atoms with Gasteiger partial charge in [-0.2, -0.15) is 0 Å². The lowest BCUT2D eigenvalue weighted by atomic mass is 9.95. The highest BCUT2D eigenvalue weighted by molar-refractivity contribution is 7.90. The highest BCUT2D eigenvalue weighted by atomic mass is 32.2. The topological polar surface area (TPSA) is 84.0 Å². The number of anilines is 1. The number of fused-ring (bicyclic) bond motifs is 2. The summed E-state index contributed by atoms with van der Waals surface area (Å²) in [4.78, 5) is 27.6. The minimum Gasteiger partial charge on any atom is -0.495 e. The van der Waals surface area contributed by atoms with E-state index in [1.54, 1.807) is 18.1 Å². The molecule has 7 nitrogen and oxygen atoms in total. The first-order chi connectivity index (χ1) is 14.3. The predicted octanol–water partition coefficient (Wildman–Crippen LogP) is 2.90. The molecule has 8 heteroatoms. The van der Waals surface area contributed by atoms with E-state index in [-0.39, 0.29) is 28.0 Å². The Labute approximate surface area is 175 Å². The minimum atomic E-state index is -3.91. The second-order valence-corrected chi connectivity index (χ2v) is 9.80. The molecule has 30 heavy (non-hydrogen) atoms. The van der Waals surface area contributed by atoms with Crippen LogP contribution in [0.3, 0.4) is 0 Å². The Morgan fingerprint density at radius 3 is 2.63 bits per heavy atom. The third kappa shape index (κ3) is 2.66. The van der Waals surface area contributed by atoms with E-state index in [9.17, 15) is 18.0 Å². The molecule has 1 aliphatic carbocycles. The minimum absolute atomic E-state index is 0.0707. The third-order valence-electron chi connectivity index (χ3n) is 6.10. The second kappa shape index (κ2) is 6.57. The number of methoxy groups -OCH3 is 1. The van der Waals surface area contributed by atoms with Crippen molar-refractivity contribution in [1.29, 1.82) is 0 Å². The van der Waals surface area contributed by atoms with E-state index in [0.29, 0.717) is 25.1 Å². The zero-order chi connectivity index (χ0) is 21.2.